The summed E-state index contributed by atoms with van der Waals surface area (Å²) in [7, 11) is 0. The number of hydrogen-bond donors (Lipinski definition) is 4. The summed E-state index contributed by atoms with van der Waals surface area (Å²) in [5.41, 5.74) is -1.29. The molecule has 1 saturated heterocycles. The van der Waals surface area contributed by atoms with Gasteiger partial charge in [-0.2, -0.15) is 0 Å². The molecule has 0 radical (unpaired) electrons. The summed E-state index contributed by atoms with van der Waals surface area (Å²) < 4.78 is 6.59. The Bertz CT molecular complexity index is 669. The smallest absolute Gasteiger partial charge is 0.330 e. The summed E-state index contributed by atoms with van der Waals surface area (Å²) >= 11 is 6.19. The first kappa shape index (κ1) is 16.6. The van der Waals surface area contributed by atoms with Gasteiger partial charge in [0.2, 0.25) is 0 Å². The zero-order valence-electron chi connectivity index (χ0n) is 10.4. The molecule has 0 aliphatic carbocycles. The van der Waals surface area contributed by atoms with Crippen molar-refractivity contribution in [1.29, 1.82) is 0 Å². The number of nitrogens with zero attached hydrogens (tertiary/aromatic N) is 1. The van der Waals surface area contributed by atoms with Crippen molar-refractivity contribution < 1.29 is 20.1 Å². The van der Waals surface area contributed by atoms with Crippen LogP contribution >= 0.6 is 31.9 Å². The quantitative estimate of drug-likeness (QED) is 0.502. The molecule has 21 heavy (non-hydrogen) atoms. The summed E-state index contributed by atoms with van der Waals surface area (Å²) in [5.74, 6) is 0. The average molecular weight is 428 g/mol. The first-order valence-corrected chi connectivity index (χ1v) is 7.55. The number of aliphatic hydroxyl groups excluding tert-OH is 3. The third kappa shape index (κ3) is 3.05. The topological polar surface area (TPSA) is 125 Å². The number of H-pyrrole nitrogens is 1. The molecule has 1 aliphatic heterocycles. The van der Waals surface area contributed by atoms with E-state index in [1.807, 2.05) is 0 Å². The third-order valence-corrected chi connectivity index (χ3v) is 4.84. The Hall–Kier alpha value is -0.780. The van der Waals surface area contributed by atoms with Crippen LogP contribution in [-0.4, -0.2) is 49.8 Å². The highest BCUT2D eigenvalue weighted by Crippen LogP contribution is 2.28. The third-order valence-electron chi connectivity index (χ3n) is 3.11. The fourth-order valence-corrected chi connectivity index (χ4v) is 2.54. The van der Waals surface area contributed by atoms with Gasteiger partial charge in [-0.25, -0.2) is 4.79 Å². The molecule has 0 spiro atoms. The predicted molar refractivity (Wildman–Crippen MR) is 80.2 cm³/mol. The predicted octanol–water partition coefficient (Wildman–Crippen LogP) is -0.764. The van der Waals surface area contributed by atoms with Gasteiger partial charge in [0, 0.05) is 10.7 Å². The molecular weight excluding hydrogens is 416 g/mol. The largest absolute Gasteiger partial charge is 0.394 e. The summed E-state index contributed by atoms with van der Waals surface area (Å²) in [4.78, 5) is 27.1. The maximum absolute atomic E-state index is 11.9. The summed E-state index contributed by atoms with van der Waals surface area (Å²) in [6.45, 7) is -0.509. The number of rotatable bonds is 3. The minimum absolute atomic E-state index is 0.129. The fourth-order valence-electron chi connectivity index (χ4n) is 2.01. The molecule has 116 valence electrons. The number of hydrogen-bond acceptors (Lipinski definition) is 6. The van der Waals surface area contributed by atoms with Gasteiger partial charge in [-0.3, -0.25) is 14.3 Å². The number of ether oxygens (including phenoxy) is 1. The van der Waals surface area contributed by atoms with Crippen LogP contribution in [0.15, 0.2) is 20.8 Å². The van der Waals surface area contributed by atoms with Gasteiger partial charge in [-0.15, -0.1) is 0 Å². The Morgan fingerprint density at radius 3 is 2.62 bits per heavy atom. The van der Waals surface area contributed by atoms with Crippen molar-refractivity contribution in [1.82, 2.24) is 9.55 Å². The van der Waals surface area contributed by atoms with E-state index in [0.29, 0.717) is 4.48 Å². The van der Waals surface area contributed by atoms with E-state index in [1.54, 1.807) is 0 Å². The highest BCUT2D eigenvalue weighted by Gasteiger charge is 2.43. The van der Waals surface area contributed by atoms with Gasteiger partial charge in [0.25, 0.3) is 5.56 Å². The molecule has 8 nitrogen and oxygen atoms in total. The SMILES string of the molecule is O=c1[nH]c(=O)n([C@H]2O[C@H](CO)[C@@H](O)[C@H]2O)cc1/C(Br)=C\Br. The molecule has 0 saturated carbocycles. The van der Waals surface area contributed by atoms with Crippen LogP contribution in [0.5, 0.6) is 0 Å². The van der Waals surface area contributed by atoms with Crippen LogP contribution in [0, 0.1) is 0 Å². The summed E-state index contributed by atoms with van der Waals surface area (Å²) in [5, 5.41) is 28.7. The van der Waals surface area contributed by atoms with E-state index in [-0.39, 0.29) is 5.56 Å². The molecule has 1 aromatic heterocycles. The number of aromatic amines is 1. The lowest BCUT2D eigenvalue weighted by Gasteiger charge is -2.17. The fraction of sp³-hybridized carbons (Fsp3) is 0.455. The van der Waals surface area contributed by atoms with E-state index < -0.39 is 42.4 Å². The molecule has 4 atom stereocenters. The normalized spacial score (nSPS) is 29.9. The number of halogens is 2. The summed E-state index contributed by atoms with van der Waals surface area (Å²) in [6.07, 6.45) is -3.77. The van der Waals surface area contributed by atoms with Gasteiger partial charge in [-0.05, 0) is 20.9 Å². The zero-order chi connectivity index (χ0) is 15.7. The van der Waals surface area contributed by atoms with Crippen LogP contribution in [0.2, 0.25) is 0 Å². The Morgan fingerprint density at radius 2 is 2.10 bits per heavy atom. The Balaban J connectivity index is 2.50. The summed E-state index contributed by atoms with van der Waals surface area (Å²) in [6, 6.07) is 0. The lowest BCUT2D eigenvalue weighted by molar-refractivity contribution is -0.0550. The van der Waals surface area contributed by atoms with Crippen molar-refractivity contribution in [2.75, 3.05) is 6.61 Å². The van der Waals surface area contributed by atoms with E-state index >= 15 is 0 Å². The molecule has 2 rings (SSSR count). The van der Waals surface area contributed by atoms with Gasteiger partial charge >= 0.3 is 5.69 Å². The molecule has 1 fully saturated rings. The lowest BCUT2D eigenvalue weighted by atomic mass is 10.1. The van der Waals surface area contributed by atoms with E-state index in [2.05, 4.69) is 36.8 Å². The first-order valence-electron chi connectivity index (χ1n) is 5.85. The molecule has 4 N–H and O–H groups in total. The second kappa shape index (κ2) is 6.55. The van der Waals surface area contributed by atoms with Crippen LogP contribution in [0.4, 0.5) is 0 Å². The van der Waals surface area contributed by atoms with Crippen LogP contribution < -0.4 is 11.2 Å². The van der Waals surface area contributed by atoms with Crippen molar-refractivity contribution in [3.05, 3.63) is 37.6 Å². The Kier molecular flexibility index (Phi) is 5.17. The van der Waals surface area contributed by atoms with Crippen molar-refractivity contribution in [3.63, 3.8) is 0 Å². The van der Waals surface area contributed by atoms with E-state index in [0.717, 1.165) is 4.57 Å². The number of nitrogens with one attached hydrogen (secondary N) is 1. The molecule has 10 heteroatoms. The molecular formula is C11H12Br2N2O6. The van der Waals surface area contributed by atoms with Crippen molar-refractivity contribution in [2.45, 2.75) is 24.5 Å². The zero-order valence-corrected chi connectivity index (χ0v) is 13.6. The molecule has 0 aromatic carbocycles. The first-order chi connectivity index (χ1) is 9.90. The van der Waals surface area contributed by atoms with Crippen LogP contribution in [0.25, 0.3) is 4.48 Å². The van der Waals surface area contributed by atoms with E-state index in [4.69, 9.17) is 9.84 Å². The average Bonchev–Trinajstić information content (AvgIpc) is 2.74. The second-order valence-corrected chi connectivity index (χ2v) is 5.71. The monoisotopic (exact) mass is 426 g/mol. The molecule has 0 unspecified atom stereocenters. The molecule has 0 bridgehead atoms. The Labute approximate surface area is 134 Å². The maximum Gasteiger partial charge on any atom is 0.330 e. The number of aliphatic hydroxyl groups is 3. The maximum atomic E-state index is 11.9. The highest BCUT2D eigenvalue weighted by atomic mass is 79.9. The lowest BCUT2D eigenvalue weighted by Crippen LogP contribution is -2.38. The number of aromatic nitrogens is 2. The molecule has 1 aliphatic rings. The van der Waals surface area contributed by atoms with Gasteiger partial charge in [0.05, 0.1) is 12.2 Å². The minimum Gasteiger partial charge on any atom is -0.394 e. The molecule has 2 heterocycles. The van der Waals surface area contributed by atoms with Gasteiger partial charge in [0.15, 0.2) is 6.23 Å². The van der Waals surface area contributed by atoms with E-state index in [1.165, 1.54) is 11.2 Å². The van der Waals surface area contributed by atoms with Gasteiger partial charge < -0.3 is 20.1 Å². The Morgan fingerprint density at radius 1 is 1.43 bits per heavy atom. The van der Waals surface area contributed by atoms with Crippen LogP contribution in [0.3, 0.4) is 0 Å². The standard InChI is InChI=1S/C11H12Br2N2O6/c12-1-5(13)4-2-15(11(20)14-9(4)19)10-8(18)7(17)6(3-16)21-10/h1-2,6-8,10,16-18H,3H2,(H,14,19,20)/b5-1+/t6-,7-,8-,10+/m1/s1. The van der Waals surface area contributed by atoms with E-state index in [9.17, 15) is 19.8 Å². The minimum atomic E-state index is -1.41. The second-order valence-electron chi connectivity index (χ2n) is 4.40. The van der Waals surface area contributed by atoms with Crippen LogP contribution in [-0.2, 0) is 4.74 Å². The molecule has 0 amide bonds. The van der Waals surface area contributed by atoms with Crippen molar-refractivity contribution in [2.24, 2.45) is 0 Å². The highest BCUT2D eigenvalue weighted by molar-refractivity contribution is 9.16. The van der Waals surface area contributed by atoms with Gasteiger partial charge in [-0.1, -0.05) is 15.9 Å². The van der Waals surface area contributed by atoms with Crippen molar-refractivity contribution in [3.8, 4) is 0 Å². The van der Waals surface area contributed by atoms with Crippen molar-refractivity contribution >= 4 is 36.3 Å². The van der Waals surface area contributed by atoms with Gasteiger partial charge in [0.1, 0.15) is 18.3 Å². The molecule has 1 aromatic rings. The van der Waals surface area contributed by atoms with Crippen LogP contribution in [0.1, 0.15) is 11.8 Å².